The topological polar surface area (TPSA) is 73.1 Å². The van der Waals surface area contributed by atoms with Gasteiger partial charge < -0.3 is 10.1 Å². The summed E-state index contributed by atoms with van der Waals surface area (Å²) in [4.78, 5) is 19.5. The summed E-state index contributed by atoms with van der Waals surface area (Å²) in [5, 5.41) is 10.8. The standard InChI is InChI=1S/C37H46N4O/c1-9-21-23(11-3)32-18-34-25(13-5)27(15-7)36(40-34)29(20-42)37-28(16-8)26(14-6)35(41-37)19-33-24(12-4)22(10-2)31(39-33)17-30(21)38-32/h17-20,38,42H,9-16H2,1-8H3. The Balaban J connectivity index is 1.90. The largest absolute Gasteiger partial charge is 0.515 e. The van der Waals surface area contributed by atoms with E-state index in [0.717, 1.165) is 97.0 Å². The molecule has 0 aromatic carbocycles. The van der Waals surface area contributed by atoms with Gasteiger partial charge in [-0.2, -0.15) is 0 Å². The smallest absolute Gasteiger partial charge is 0.0907 e. The van der Waals surface area contributed by atoms with Crippen LogP contribution >= 0.6 is 0 Å². The molecule has 0 radical (unpaired) electrons. The van der Waals surface area contributed by atoms with E-state index in [9.17, 15) is 5.11 Å². The lowest BCUT2D eigenvalue weighted by molar-refractivity contribution is 0.472. The molecule has 42 heavy (non-hydrogen) atoms. The Kier molecular flexibility index (Phi) is 8.68. The van der Waals surface area contributed by atoms with Gasteiger partial charge in [-0.05, 0) is 114 Å². The molecule has 1 aromatic heterocycles. The van der Waals surface area contributed by atoms with Crippen molar-refractivity contribution in [1.29, 1.82) is 0 Å². The molecular weight excluding hydrogens is 516 g/mol. The molecule has 0 spiro atoms. The van der Waals surface area contributed by atoms with Crippen LogP contribution in [-0.2, 0) is 12.8 Å². The second-order valence-corrected chi connectivity index (χ2v) is 11.2. The maximum absolute atomic E-state index is 10.8. The van der Waals surface area contributed by atoms with Crippen molar-refractivity contribution in [1.82, 2.24) is 4.98 Å². The number of aliphatic hydroxyl groups is 1. The lowest BCUT2D eigenvalue weighted by Gasteiger charge is -2.12. The molecule has 1 aromatic rings. The Labute approximate surface area is 251 Å². The molecular formula is C37H46N4O. The van der Waals surface area contributed by atoms with E-state index in [4.69, 9.17) is 15.0 Å². The highest BCUT2D eigenvalue weighted by atomic mass is 16.2. The van der Waals surface area contributed by atoms with E-state index in [2.05, 4.69) is 78.6 Å². The van der Waals surface area contributed by atoms with Crippen molar-refractivity contribution < 1.29 is 5.11 Å². The number of aromatic amines is 1. The molecule has 4 aliphatic heterocycles. The zero-order chi connectivity index (χ0) is 30.1. The SMILES string of the molecule is CCC1=C(CC)C2=NC1=Cc1[nH]c(c(CC)c1CC)C=C1N=C(C(=CO)C3=NC(=C2)C(CC)=C3CC)C(CC)=C1CC. The van der Waals surface area contributed by atoms with Crippen molar-refractivity contribution in [2.45, 2.75) is 107 Å². The Morgan fingerprint density at radius 3 is 1.33 bits per heavy atom. The summed E-state index contributed by atoms with van der Waals surface area (Å²) in [5.74, 6) is 0. The molecule has 0 saturated heterocycles. The number of rotatable bonds is 8. The summed E-state index contributed by atoms with van der Waals surface area (Å²) in [7, 11) is 0. The summed E-state index contributed by atoms with van der Waals surface area (Å²) in [6.45, 7) is 17.7. The first kappa shape index (κ1) is 29.8. The van der Waals surface area contributed by atoms with Gasteiger partial charge in [0.1, 0.15) is 0 Å². The van der Waals surface area contributed by atoms with Crippen molar-refractivity contribution in [3.63, 3.8) is 0 Å². The first-order valence-corrected chi connectivity index (χ1v) is 16.1. The van der Waals surface area contributed by atoms with Crippen LogP contribution in [0.2, 0.25) is 0 Å². The highest BCUT2D eigenvalue weighted by Crippen LogP contribution is 2.41. The number of allylic oxidation sites excluding steroid dienone is 8. The normalized spacial score (nSPS) is 19.5. The van der Waals surface area contributed by atoms with Gasteiger partial charge in [-0.25, -0.2) is 15.0 Å². The molecule has 0 fully saturated rings. The van der Waals surface area contributed by atoms with Gasteiger partial charge in [0.2, 0.25) is 0 Å². The van der Waals surface area contributed by atoms with Crippen molar-refractivity contribution in [3.8, 4) is 0 Å². The molecule has 2 N–H and O–H groups in total. The first-order chi connectivity index (χ1) is 20.4. The fraction of sp³-hybridized carbons (Fsp3) is 0.432. The summed E-state index contributed by atoms with van der Waals surface area (Å²) in [5.41, 5.74) is 18.8. The van der Waals surface area contributed by atoms with Crippen LogP contribution in [0, 0.1) is 0 Å². The second-order valence-electron chi connectivity index (χ2n) is 11.2. The Hall–Kier alpha value is -3.73. The van der Waals surface area contributed by atoms with Crippen molar-refractivity contribution in [3.05, 3.63) is 91.0 Å². The summed E-state index contributed by atoms with van der Waals surface area (Å²) in [6.07, 6.45) is 15.0. The van der Waals surface area contributed by atoms with E-state index < -0.39 is 0 Å². The van der Waals surface area contributed by atoms with E-state index in [1.807, 2.05) is 0 Å². The van der Waals surface area contributed by atoms with Gasteiger partial charge in [0, 0.05) is 11.4 Å². The van der Waals surface area contributed by atoms with Crippen LogP contribution in [0.3, 0.4) is 0 Å². The molecule has 0 aliphatic carbocycles. The lowest BCUT2D eigenvalue weighted by Crippen LogP contribution is -2.15. The number of hydrogen-bond acceptors (Lipinski definition) is 4. The van der Waals surface area contributed by atoms with Gasteiger partial charge in [0.25, 0.3) is 0 Å². The third kappa shape index (κ3) is 4.67. The van der Waals surface area contributed by atoms with E-state index in [1.54, 1.807) is 0 Å². The number of nitrogens with one attached hydrogen (secondary N) is 1. The quantitative estimate of drug-likeness (QED) is 0.304. The monoisotopic (exact) mass is 562 g/mol. The number of aliphatic hydroxyl groups excluding tert-OH is 1. The number of hydrogen-bond donors (Lipinski definition) is 2. The van der Waals surface area contributed by atoms with Crippen molar-refractivity contribution >= 4 is 29.3 Å². The maximum Gasteiger partial charge on any atom is 0.0907 e. The van der Waals surface area contributed by atoms with Gasteiger partial charge in [0.05, 0.1) is 46.1 Å². The van der Waals surface area contributed by atoms with Gasteiger partial charge >= 0.3 is 0 Å². The predicted octanol–water partition coefficient (Wildman–Crippen LogP) is 9.87. The fourth-order valence-corrected chi connectivity index (χ4v) is 7.26. The summed E-state index contributed by atoms with van der Waals surface area (Å²) in [6, 6.07) is 0. The van der Waals surface area contributed by atoms with Crippen molar-refractivity contribution in [2.75, 3.05) is 0 Å². The van der Waals surface area contributed by atoms with Crippen LogP contribution in [-0.4, -0.2) is 27.2 Å². The van der Waals surface area contributed by atoms with E-state index in [-0.39, 0.29) is 0 Å². The van der Waals surface area contributed by atoms with Crippen LogP contribution < -0.4 is 0 Å². The van der Waals surface area contributed by atoms with Gasteiger partial charge in [0.15, 0.2) is 0 Å². The molecule has 220 valence electrons. The minimum atomic E-state index is 0.714. The highest BCUT2D eigenvalue weighted by molar-refractivity contribution is 6.36. The zero-order valence-corrected chi connectivity index (χ0v) is 26.8. The van der Waals surface area contributed by atoms with Crippen LogP contribution in [0.4, 0.5) is 0 Å². The van der Waals surface area contributed by atoms with E-state index >= 15 is 0 Å². The van der Waals surface area contributed by atoms with E-state index in [1.165, 1.54) is 50.8 Å². The lowest BCUT2D eigenvalue weighted by atomic mass is 9.89. The average molecular weight is 563 g/mol. The molecule has 5 nitrogen and oxygen atoms in total. The molecule has 0 unspecified atom stereocenters. The molecule has 8 bridgehead atoms. The zero-order valence-electron chi connectivity index (χ0n) is 26.8. The summed E-state index contributed by atoms with van der Waals surface area (Å²) >= 11 is 0. The number of aromatic nitrogens is 1. The third-order valence-corrected chi connectivity index (χ3v) is 9.19. The molecule has 5 heteroatoms. The minimum Gasteiger partial charge on any atom is -0.515 e. The molecule has 4 aliphatic rings. The Morgan fingerprint density at radius 2 is 0.929 bits per heavy atom. The number of aliphatic imine (C=N–C) groups is 3. The maximum atomic E-state index is 10.8. The molecule has 5 rings (SSSR count). The Bertz CT molecular complexity index is 1640. The minimum absolute atomic E-state index is 0.714. The fourth-order valence-electron chi connectivity index (χ4n) is 7.26. The summed E-state index contributed by atoms with van der Waals surface area (Å²) < 4.78 is 0. The van der Waals surface area contributed by atoms with Gasteiger partial charge in [-0.3, -0.25) is 0 Å². The first-order valence-electron chi connectivity index (χ1n) is 16.1. The van der Waals surface area contributed by atoms with Crippen LogP contribution in [0.1, 0.15) is 116 Å². The number of fused-ring (bicyclic) bond motifs is 5. The van der Waals surface area contributed by atoms with Gasteiger partial charge in [-0.15, -0.1) is 0 Å². The Morgan fingerprint density at radius 1 is 0.524 bits per heavy atom. The van der Waals surface area contributed by atoms with Gasteiger partial charge in [-0.1, -0.05) is 55.4 Å². The number of nitrogens with zero attached hydrogens (tertiary/aromatic N) is 3. The third-order valence-electron chi connectivity index (χ3n) is 9.19. The second kappa shape index (κ2) is 12.2. The van der Waals surface area contributed by atoms with Crippen LogP contribution in [0.5, 0.6) is 0 Å². The number of H-pyrrole nitrogens is 1. The van der Waals surface area contributed by atoms with Crippen LogP contribution in [0.25, 0.3) is 12.2 Å². The predicted molar refractivity (Wildman–Crippen MR) is 179 cm³/mol. The van der Waals surface area contributed by atoms with E-state index in [0.29, 0.717) is 5.57 Å². The van der Waals surface area contributed by atoms with Crippen LogP contribution in [0.15, 0.2) is 83.4 Å². The van der Waals surface area contributed by atoms with Crippen molar-refractivity contribution in [2.24, 2.45) is 15.0 Å². The molecule has 0 atom stereocenters. The molecule has 0 amide bonds. The molecule has 0 saturated carbocycles. The average Bonchev–Trinajstić information content (AvgIpc) is 3.72. The molecule has 5 heterocycles. The highest BCUT2D eigenvalue weighted by Gasteiger charge is 2.33.